The lowest BCUT2D eigenvalue weighted by Crippen LogP contribution is -2.40. The number of aromatic amines is 1. The molecule has 0 radical (unpaired) electrons. The fourth-order valence-corrected chi connectivity index (χ4v) is 3.63. The predicted octanol–water partition coefficient (Wildman–Crippen LogP) is 2.16. The molecule has 0 amide bonds. The molecule has 0 bridgehead atoms. The molecule has 1 unspecified atom stereocenters. The van der Waals surface area contributed by atoms with Gasteiger partial charge in [-0.25, -0.2) is 9.98 Å². The molecule has 1 saturated heterocycles. The highest BCUT2D eigenvalue weighted by Gasteiger charge is 2.26. The first-order valence-corrected chi connectivity index (χ1v) is 9.69. The summed E-state index contributed by atoms with van der Waals surface area (Å²) < 4.78 is 1.87. The maximum Gasteiger partial charge on any atom is 0.194 e. The van der Waals surface area contributed by atoms with Crippen LogP contribution in [-0.4, -0.2) is 55.5 Å². The van der Waals surface area contributed by atoms with E-state index >= 15 is 0 Å². The molecule has 1 aliphatic rings. The lowest BCUT2D eigenvalue weighted by molar-refractivity contribution is 0.486. The summed E-state index contributed by atoms with van der Waals surface area (Å²) in [6.45, 7) is 5.55. The van der Waals surface area contributed by atoms with Crippen LogP contribution in [0.4, 0.5) is 0 Å². The van der Waals surface area contributed by atoms with Gasteiger partial charge in [0.25, 0.3) is 0 Å². The first-order chi connectivity index (χ1) is 13.7. The number of rotatable bonds is 5. The zero-order valence-corrected chi connectivity index (χ0v) is 16.3. The minimum atomic E-state index is 0.507. The number of aryl methyl sites for hydroxylation is 1. The second kappa shape index (κ2) is 8.24. The maximum absolute atomic E-state index is 4.89. The van der Waals surface area contributed by atoms with E-state index in [0.717, 1.165) is 49.0 Å². The van der Waals surface area contributed by atoms with E-state index in [4.69, 9.17) is 4.99 Å². The molecule has 0 saturated carbocycles. The molecule has 3 heterocycles. The Kier molecular flexibility index (Phi) is 5.36. The largest absolute Gasteiger partial charge is 0.357 e. The number of nitrogens with zero attached hydrogens (tertiary/aromatic N) is 6. The topological polar surface area (TPSA) is 87.0 Å². The predicted molar refractivity (Wildman–Crippen MR) is 109 cm³/mol. The van der Waals surface area contributed by atoms with Crippen molar-refractivity contribution in [3.05, 3.63) is 54.1 Å². The molecule has 8 heteroatoms. The summed E-state index contributed by atoms with van der Waals surface area (Å²) in [5, 5.41) is 14.6. The molecule has 28 heavy (non-hydrogen) atoms. The Morgan fingerprint density at radius 3 is 3.07 bits per heavy atom. The summed E-state index contributed by atoms with van der Waals surface area (Å²) in [4.78, 5) is 11.5. The normalized spacial score (nSPS) is 17.3. The zero-order chi connectivity index (χ0) is 19.3. The highest BCUT2D eigenvalue weighted by Crippen LogP contribution is 2.26. The zero-order valence-electron chi connectivity index (χ0n) is 16.3. The van der Waals surface area contributed by atoms with E-state index in [1.165, 1.54) is 11.9 Å². The van der Waals surface area contributed by atoms with E-state index in [1.54, 1.807) is 0 Å². The average Bonchev–Trinajstić information content (AvgIpc) is 3.46. The molecule has 2 aromatic heterocycles. The highest BCUT2D eigenvalue weighted by atomic mass is 15.3. The molecular weight excluding hydrogens is 352 g/mol. The van der Waals surface area contributed by atoms with Crippen molar-refractivity contribution in [3.63, 3.8) is 0 Å². The second-order valence-electron chi connectivity index (χ2n) is 7.08. The molecule has 2 N–H and O–H groups in total. The summed E-state index contributed by atoms with van der Waals surface area (Å²) >= 11 is 0. The fourth-order valence-electron chi connectivity index (χ4n) is 3.63. The summed E-state index contributed by atoms with van der Waals surface area (Å²) in [5.41, 5.74) is 3.47. The van der Waals surface area contributed by atoms with Gasteiger partial charge in [0.1, 0.15) is 6.33 Å². The summed E-state index contributed by atoms with van der Waals surface area (Å²) in [5.74, 6) is 2.25. The summed E-state index contributed by atoms with van der Waals surface area (Å²) in [6, 6.07) is 8.26. The number of benzene rings is 1. The molecule has 8 nitrogen and oxygen atoms in total. The van der Waals surface area contributed by atoms with Crippen molar-refractivity contribution >= 4 is 5.96 Å². The molecule has 1 atom stereocenters. The van der Waals surface area contributed by atoms with Gasteiger partial charge in [0.05, 0.1) is 12.7 Å². The van der Waals surface area contributed by atoms with Crippen LogP contribution in [0.5, 0.6) is 0 Å². The van der Waals surface area contributed by atoms with Crippen molar-refractivity contribution in [1.29, 1.82) is 0 Å². The first kappa shape index (κ1) is 18.2. The Balaban J connectivity index is 1.46. The van der Waals surface area contributed by atoms with Gasteiger partial charge in [-0.3, -0.25) is 9.78 Å². The van der Waals surface area contributed by atoms with E-state index in [2.05, 4.69) is 55.8 Å². The lowest BCUT2D eigenvalue weighted by atomic mass is 10.0. The van der Waals surface area contributed by atoms with Crippen LogP contribution in [0.25, 0.3) is 11.4 Å². The van der Waals surface area contributed by atoms with Gasteiger partial charge in [-0.1, -0.05) is 18.2 Å². The Bertz CT molecular complexity index is 927. The van der Waals surface area contributed by atoms with Crippen LogP contribution in [0, 0.1) is 0 Å². The van der Waals surface area contributed by atoms with Gasteiger partial charge in [-0.2, -0.15) is 10.2 Å². The Morgan fingerprint density at radius 2 is 2.32 bits per heavy atom. The van der Waals surface area contributed by atoms with Gasteiger partial charge in [0, 0.05) is 44.4 Å². The molecular formula is C20H26N8. The van der Waals surface area contributed by atoms with E-state index in [0.29, 0.717) is 12.5 Å². The SMILES string of the molecule is CCNC(=NCc1cccc(-c2ncn[nH]2)c1)N1CCC(c2cnn(C)c2)C1. The van der Waals surface area contributed by atoms with Crippen LogP contribution in [0.2, 0.25) is 0 Å². The van der Waals surface area contributed by atoms with Crippen molar-refractivity contribution in [2.45, 2.75) is 25.8 Å². The molecule has 4 rings (SSSR count). The van der Waals surface area contributed by atoms with Crippen LogP contribution < -0.4 is 5.32 Å². The number of nitrogens with one attached hydrogen (secondary N) is 2. The van der Waals surface area contributed by atoms with E-state index in [-0.39, 0.29) is 0 Å². The lowest BCUT2D eigenvalue weighted by Gasteiger charge is -2.21. The van der Waals surface area contributed by atoms with Crippen LogP contribution in [0.1, 0.15) is 30.4 Å². The Morgan fingerprint density at radius 1 is 1.39 bits per heavy atom. The number of hydrogen-bond acceptors (Lipinski definition) is 4. The van der Waals surface area contributed by atoms with Crippen molar-refractivity contribution in [1.82, 2.24) is 35.2 Å². The number of guanidine groups is 1. The van der Waals surface area contributed by atoms with Crippen molar-refractivity contribution in [3.8, 4) is 11.4 Å². The van der Waals surface area contributed by atoms with Gasteiger partial charge in [-0.15, -0.1) is 0 Å². The average molecular weight is 378 g/mol. The van der Waals surface area contributed by atoms with Crippen molar-refractivity contribution < 1.29 is 0 Å². The van der Waals surface area contributed by atoms with E-state index in [1.807, 2.05) is 30.1 Å². The highest BCUT2D eigenvalue weighted by molar-refractivity contribution is 5.80. The quantitative estimate of drug-likeness (QED) is 0.525. The smallest absolute Gasteiger partial charge is 0.194 e. The third-order valence-electron chi connectivity index (χ3n) is 5.05. The van der Waals surface area contributed by atoms with Gasteiger partial charge in [0.2, 0.25) is 0 Å². The Labute approximate surface area is 164 Å². The van der Waals surface area contributed by atoms with Crippen LogP contribution in [-0.2, 0) is 13.6 Å². The van der Waals surface area contributed by atoms with E-state index < -0.39 is 0 Å². The fraction of sp³-hybridized carbons (Fsp3) is 0.400. The summed E-state index contributed by atoms with van der Waals surface area (Å²) in [7, 11) is 1.97. The maximum atomic E-state index is 4.89. The third kappa shape index (κ3) is 4.05. The van der Waals surface area contributed by atoms with Gasteiger partial charge in [0.15, 0.2) is 11.8 Å². The molecule has 0 aliphatic carbocycles. The molecule has 3 aromatic rings. The minimum Gasteiger partial charge on any atom is -0.357 e. The monoisotopic (exact) mass is 378 g/mol. The molecule has 0 spiro atoms. The van der Waals surface area contributed by atoms with Gasteiger partial charge < -0.3 is 10.2 Å². The van der Waals surface area contributed by atoms with Crippen LogP contribution in [0.3, 0.4) is 0 Å². The number of aromatic nitrogens is 5. The second-order valence-corrected chi connectivity index (χ2v) is 7.08. The number of H-pyrrole nitrogens is 1. The summed E-state index contributed by atoms with van der Waals surface area (Å²) in [6.07, 6.45) is 6.74. The van der Waals surface area contributed by atoms with Crippen molar-refractivity contribution in [2.75, 3.05) is 19.6 Å². The number of hydrogen-bond donors (Lipinski definition) is 2. The van der Waals surface area contributed by atoms with Gasteiger partial charge >= 0.3 is 0 Å². The van der Waals surface area contributed by atoms with Crippen LogP contribution >= 0.6 is 0 Å². The first-order valence-electron chi connectivity index (χ1n) is 9.69. The molecule has 1 fully saturated rings. The van der Waals surface area contributed by atoms with Crippen LogP contribution in [0.15, 0.2) is 48.0 Å². The minimum absolute atomic E-state index is 0.507. The molecule has 1 aromatic carbocycles. The number of aliphatic imine (C=N–C) groups is 1. The van der Waals surface area contributed by atoms with Gasteiger partial charge in [-0.05, 0) is 30.5 Å². The third-order valence-corrected chi connectivity index (χ3v) is 5.05. The number of likely N-dealkylation sites (tertiary alicyclic amines) is 1. The molecule has 146 valence electrons. The van der Waals surface area contributed by atoms with Crippen molar-refractivity contribution in [2.24, 2.45) is 12.0 Å². The Hall–Kier alpha value is -3.16. The molecule has 1 aliphatic heterocycles. The van der Waals surface area contributed by atoms with E-state index in [9.17, 15) is 0 Å². The standard InChI is InChI=1S/C20H26N8/c1-3-21-20(28-8-7-17(13-28)18-11-25-27(2)12-18)22-10-15-5-4-6-16(9-15)19-23-14-24-26-19/h4-6,9,11-12,14,17H,3,7-8,10,13H2,1-2H3,(H,21,22)(H,23,24,26).